The first-order valence-corrected chi connectivity index (χ1v) is 7.27. The van der Waals surface area contributed by atoms with E-state index in [-0.39, 0.29) is 5.69 Å². The van der Waals surface area contributed by atoms with Gasteiger partial charge in [0.15, 0.2) is 0 Å². The predicted octanol–water partition coefficient (Wildman–Crippen LogP) is 1.06. The number of rotatable bonds is 3. The van der Waals surface area contributed by atoms with Crippen LogP contribution in [0.25, 0.3) is 0 Å². The summed E-state index contributed by atoms with van der Waals surface area (Å²) in [5.41, 5.74) is 8.65. The maximum Gasteiger partial charge on any atom is 0.253 e. The molecule has 0 fully saturated rings. The van der Waals surface area contributed by atoms with E-state index >= 15 is 0 Å². The predicted molar refractivity (Wildman–Crippen MR) is 84.3 cm³/mol. The zero-order chi connectivity index (χ0) is 15.0. The third-order valence-electron chi connectivity index (χ3n) is 4.01. The van der Waals surface area contributed by atoms with E-state index in [2.05, 4.69) is 23.0 Å². The highest BCUT2D eigenvalue weighted by atomic mass is 35.5. The van der Waals surface area contributed by atoms with Crippen LogP contribution < -0.4 is 26.3 Å². The molecule has 0 unspecified atom stereocenters. The molecule has 2 aromatic carbocycles. The molecule has 0 amide bonds. The number of nitrogens with two attached hydrogens (primary N) is 1. The molecule has 0 aliphatic carbocycles. The van der Waals surface area contributed by atoms with Crippen molar-refractivity contribution >= 4 is 23.2 Å². The molecular formula is C15H16ClN3O2. The number of hydrogen-bond donors (Lipinski definition) is 2. The van der Waals surface area contributed by atoms with Gasteiger partial charge in [-0.05, 0) is 41.3 Å². The summed E-state index contributed by atoms with van der Waals surface area (Å²) >= 11 is 5.55. The van der Waals surface area contributed by atoms with Gasteiger partial charge in [0.25, 0.3) is 10.9 Å². The third kappa shape index (κ3) is 2.43. The molecule has 3 N–H and O–H groups in total. The summed E-state index contributed by atoms with van der Waals surface area (Å²) in [4.78, 5) is 27.5. The number of nitrogens with one attached hydrogen (secondary N) is 1. The summed E-state index contributed by atoms with van der Waals surface area (Å²) in [5.74, 6) is 0. The van der Waals surface area contributed by atoms with Gasteiger partial charge in [0.05, 0.1) is 0 Å². The molecule has 0 saturated heterocycles. The van der Waals surface area contributed by atoms with Gasteiger partial charge in [-0.25, -0.2) is 4.84 Å². The van der Waals surface area contributed by atoms with E-state index in [9.17, 15) is 9.59 Å². The molecule has 0 radical (unpaired) electrons. The average molecular weight is 306 g/mol. The van der Waals surface area contributed by atoms with Crippen LogP contribution in [0, 0.1) is 0 Å². The standard InChI is InChI=1S/C15H16ClN3O2/c16-18-7-9-3-4-10-2-1-5-19(8-11(10)6-9)13-12(17)14(20)15(13)21/h3-4,6,18H,1-2,5,7-8,17H2. The molecule has 0 saturated carbocycles. The molecule has 5 nitrogen and oxygen atoms in total. The van der Waals surface area contributed by atoms with Crippen LogP contribution in [-0.4, -0.2) is 6.54 Å². The summed E-state index contributed by atoms with van der Waals surface area (Å²) in [7, 11) is 0. The van der Waals surface area contributed by atoms with E-state index in [0.29, 0.717) is 18.8 Å². The minimum atomic E-state index is -0.561. The van der Waals surface area contributed by atoms with Gasteiger partial charge >= 0.3 is 0 Å². The second-order valence-corrected chi connectivity index (χ2v) is 5.63. The van der Waals surface area contributed by atoms with Crippen LogP contribution in [0.3, 0.4) is 0 Å². The Balaban J connectivity index is 1.93. The number of hydrogen-bond acceptors (Lipinski definition) is 5. The maximum absolute atomic E-state index is 11.7. The molecule has 0 bridgehead atoms. The van der Waals surface area contributed by atoms with Crippen molar-refractivity contribution in [1.82, 2.24) is 4.84 Å². The van der Waals surface area contributed by atoms with Crippen molar-refractivity contribution in [3.8, 4) is 0 Å². The number of halogens is 1. The molecule has 110 valence electrons. The van der Waals surface area contributed by atoms with Crippen molar-refractivity contribution in [3.63, 3.8) is 0 Å². The van der Waals surface area contributed by atoms with Crippen molar-refractivity contribution < 1.29 is 0 Å². The summed E-state index contributed by atoms with van der Waals surface area (Å²) < 4.78 is 0. The van der Waals surface area contributed by atoms with Crippen molar-refractivity contribution in [1.29, 1.82) is 0 Å². The fourth-order valence-electron chi connectivity index (χ4n) is 2.90. The topological polar surface area (TPSA) is 75.4 Å². The van der Waals surface area contributed by atoms with E-state index in [1.54, 1.807) is 0 Å². The molecule has 0 spiro atoms. The number of fused-ring (bicyclic) bond motifs is 1. The Morgan fingerprint density at radius 2 is 2.05 bits per heavy atom. The van der Waals surface area contributed by atoms with Crippen molar-refractivity contribution in [3.05, 3.63) is 55.3 Å². The Morgan fingerprint density at radius 1 is 1.24 bits per heavy atom. The SMILES string of the molecule is Nc1c(N2CCCc3ccc(CNCl)cc3C2)c(=O)c1=O. The lowest BCUT2D eigenvalue weighted by molar-refractivity contribution is 0.761. The fraction of sp³-hybridized carbons (Fsp3) is 0.333. The Kier molecular flexibility index (Phi) is 3.69. The highest BCUT2D eigenvalue weighted by molar-refractivity contribution is 6.13. The lowest BCUT2D eigenvalue weighted by Crippen LogP contribution is -2.42. The molecule has 0 aromatic heterocycles. The van der Waals surface area contributed by atoms with Crippen LogP contribution in [0.5, 0.6) is 0 Å². The molecule has 0 atom stereocenters. The van der Waals surface area contributed by atoms with Gasteiger partial charge < -0.3 is 10.6 Å². The van der Waals surface area contributed by atoms with E-state index in [4.69, 9.17) is 17.5 Å². The van der Waals surface area contributed by atoms with Crippen LogP contribution >= 0.6 is 11.8 Å². The van der Waals surface area contributed by atoms with Crippen molar-refractivity contribution in [2.75, 3.05) is 17.2 Å². The molecule has 21 heavy (non-hydrogen) atoms. The van der Waals surface area contributed by atoms with Gasteiger partial charge in [-0.1, -0.05) is 18.2 Å². The van der Waals surface area contributed by atoms with E-state index in [1.165, 1.54) is 5.56 Å². The van der Waals surface area contributed by atoms with Gasteiger partial charge in [0, 0.05) is 19.6 Å². The Bertz CT molecular complexity index is 750. The lowest BCUT2D eigenvalue weighted by atomic mass is 10.0. The monoisotopic (exact) mass is 305 g/mol. The van der Waals surface area contributed by atoms with Gasteiger partial charge in [0.2, 0.25) is 0 Å². The first-order chi connectivity index (χ1) is 10.1. The first-order valence-electron chi connectivity index (χ1n) is 6.89. The lowest BCUT2D eigenvalue weighted by Gasteiger charge is -2.25. The number of nitrogens with zero attached hydrogens (tertiary/aromatic N) is 1. The minimum absolute atomic E-state index is 0.0991. The molecule has 3 rings (SSSR count). The van der Waals surface area contributed by atoms with Gasteiger partial charge in [-0.2, -0.15) is 0 Å². The number of benzene rings is 1. The summed E-state index contributed by atoms with van der Waals surface area (Å²) in [6, 6.07) is 6.24. The maximum atomic E-state index is 11.7. The van der Waals surface area contributed by atoms with E-state index < -0.39 is 10.9 Å². The molecule has 1 heterocycles. The van der Waals surface area contributed by atoms with Crippen LogP contribution in [0.4, 0.5) is 11.4 Å². The zero-order valence-corrected chi connectivity index (χ0v) is 12.2. The second kappa shape index (κ2) is 5.50. The second-order valence-electron chi connectivity index (χ2n) is 5.36. The molecule has 6 heteroatoms. The van der Waals surface area contributed by atoms with Gasteiger partial charge in [-0.15, -0.1) is 0 Å². The normalized spacial score (nSPS) is 15.0. The molecule has 1 aliphatic rings. The Morgan fingerprint density at radius 3 is 2.76 bits per heavy atom. The highest BCUT2D eigenvalue weighted by Gasteiger charge is 2.25. The summed E-state index contributed by atoms with van der Waals surface area (Å²) in [6.45, 7) is 1.91. The summed E-state index contributed by atoms with van der Waals surface area (Å²) in [6.07, 6.45) is 1.88. The highest BCUT2D eigenvalue weighted by Crippen LogP contribution is 2.25. The van der Waals surface area contributed by atoms with Gasteiger partial charge in [0.1, 0.15) is 11.4 Å². The van der Waals surface area contributed by atoms with E-state index in [1.807, 2.05) is 4.90 Å². The molecular weight excluding hydrogens is 290 g/mol. The third-order valence-corrected chi connectivity index (χ3v) is 4.15. The number of anilines is 2. The summed E-state index contributed by atoms with van der Waals surface area (Å²) in [5, 5.41) is 0. The molecule has 1 aliphatic heterocycles. The van der Waals surface area contributed by atoms with Crippen molar-refractivity contribution in [2.45, 2.75) is 25.9 Å². The van der Waals surface area contributed by atoms with Crippen LogP contribution in [-0.2, 0) is 19.5 Å². The van der Waals surface area contributed by atoms with Crippen molar-refractivity contribution in [2.24, 2.45) is 0 Å². The minimum Gasteiger partial charge on any atom is -0.394 e. The number of nitrogen functional groups attached to an aromatic ring is 1. The van der Waals surface area contributed by atoms with Crippen LogP contribution in [0.2, 0.25) is 0 Å². The number of aryl methyl sites for hydroxylation is 1. The smallest absolute Gasteiger partial charge is 0.253 e. The van der Waals surface area contributed by atoms with Crippen LogP contribution in [0.15, 0.2) is 27.8 Å². The zero-order valence-electron chi connectivity index (χ0n) is 11.5. The first kappa shape index (κ1) is 14.1. The fourth-order valence-corrected chi connectivity index (χ4v) is 3.06. The average Bonchev–Trinajstić information content (AvgIpc) is 2.69. The molecule has 2 aromatic rings. The Labute approximate surface area is 127 Å². The van der Waals surface area contributed by atoms with Gasteiger partial charge in [-0.3, -0.25) is 9.59 Å². The largest absolute Gasteiger partial charge is 0.394 e. The quantitative estimate of drug-likeness (QED) is 0.655. The Hall–Kier alpha value is -1.85. The van der Waals surface area contributed by atoms with Crippen LogP contribution in [0.1, 0.15) is 23.1 Å². The van der Waals surface area contributed by atoms with E-state index in [0.717, 1.165) is 30.5 Å².